The predicted octanol–water partition coefficient (Wildman–Crippen LogP) is 2.79. The van der Waals surface area contributed by atoms with E-state index in [0.29, 0.717) is 13.0 Å². The third-order valence-corrected chi connectivity index (χ3v) is 8.94. The van der Waals surface area contributed by atoms with Gasteiger partial charge in [-0.15, -0.1) is 0 Å². The number of hydrogen-bond acceptors (Lipinski definition) is 6. The zero-order valence-corrected chi connectivity index (χ0v) is 18.0. The molecule has 2 spiro atoms. The molecule has 8 atom stereocenters. The van der Waals surface area contributed by atoms with Crippen LogP contribution < -0.4 is 0 Å². The summed E-state index contributed by atoms with van der Waals surface area (Å²) >= 11 is 0. The van der Waals surface area contributed by atoms with Crippen LogP contribution in [-0.2, 0) is 23.8 Å². The number of carbonyl (C=O) groups is 2. The number of aliphatic hydroxyl groups excluding tert-OH is 1. The van der Waals surface area contributed by atoms with Crippen molar-refractivity contribution in [2.24, 2.45) is 22.7 Å². The average molecular weight is 407 g/mol. The zero-order chi connectivity index (χ0) is 20.8. The van der Waals surface area contributed by atoms with Gasteiger partial charge >= 0.3 is 5.97 Å². The van der Waals surface area contributed by atoms with Gasteiger partial charge in [0, 0.05) is 23.2 Å². The lowest BCUT2D eigenvalue weighted by Crippen LogP contribution is -2.53. The van der Waals surface area contributed by atoms with Crippen LogP contribution in [0.5, 0.6) is 0 Å². The van der Waals surface area contributed by atoms with Crippen molar-refractivity contribution in [3.05, 3.63) is 0 Å². The van der Waals surface area contributed by atoms with Crippen LogP contribution in [0.25, 0.3) is 0 Å². The van der Waals surface area contributed by atoms with E-state index in [-0.39, 0.29) is 35.1 Å². The summed E-state index contributed by atoms with van der Waals surface area (Å²) in [6, 6.07) is 0. The summed E-state index contributed by atoms with van der Waals surface area (Å²) in [7, 11) is 0. The molecule has 6 heteroatoms. The largest absolute Gasteiger partial charge is 0.461 e. The van der Waals surface area contributed by atoms with Gasteiger partial charge in [0.05, 0.1) is 12.7 Å². The van der Waals surface area contributed by atoms with E-state index in [9.17, 15) is 14.7 Å². The average Bonchev–Trinajstić information content (AvgIpc) is 3.55. The maximum absolute atomic E-state index is 12.9. The second kappa shape index (κ2) is 6.04. The highest BCUT2D eigenvalue weighted by Crippen LogP contribution is 2.81. The Morgan fingerprint density at radius 1 is 1.21 bits per heavy atom. The van der Waals surface area contributed by atoms with Gasteiger partial charge < -0.3 is 19.3 Å². The van der Waals surface area contributed by atoms with Gasteiger partial charge in [-0.25, -0.2) is 0 Å². The monoisotopic (exact) mass is 406 g/mol. The number of aliphatic hydroxyl groups is 1. The number of fused-ring (bicyclic) bond motifs is 3. The van der Waals surface area contributed by atoms with Gasteiger partial charge in [-0.1, -0.05) is 53.4 Å². The Morgan fingerprint density at radius 3 is 2.55 bits per heavy atom. The van der Waals surface area contributed by atoms with Crippen molar-refractivity contribution in [1.29, 1.82) is 0 Å². The molecule has 162 valence electrons. The molecule has 3 aliphatic carbocycles. The van der Waals surface area contributed by atoms with Crippen molar-refractivity contribution >= 4 is 11.8 Å². The smallest absolute Gasteiger partial charge is 0.306 e. The second-order valence-corrected chi connectivity index (χ2v) is 10.9. The first-order valence-electron chi connectivity index (χ1n) is 11.4. The van der Waals surface area contributed by atoms with E-state index in [1.165, 1.54) is 12.8 Å². The van der Waals surface area contributed by atoms with E-state index >= 15 is 0 Å². The molecule has 3 saturated carbocycles. The van der Waals surface area contributed by atoms with Gasteiger partial charge in [-0.05, 0) is 18.8 Å². The fourth-order valence-electron chi connectivity index (χ4n) is 7.39. The SMILES string of the molecule is CCCCCCCC(=O)OC1C2[C@H](CC1(C)C)C(O)C13O[C@@H]1C(=O)[C@@]1(CO1)[C@@]23C. The molecule has 29 heavy (non-hydrogen) atoms. The number of Topliss-reactive ketones (excluding diaryl/α,β-unsaturated/α-hetero) is 1. The molecule has 0 bridgehead atoms. The molecule has 6 nitrogen and oxygen atoms in total. The summed E-state index contributed by atoms with van der Waals surface area (Å²) in [5, 5.41) is 11.2. The van der Waals surface area contributed by atoms with Crippen LogP contribution in [-0.4, -0.2) is 53.0 Å². The van der Waals surface area contributed by atoms with Crippen molar-refractivity contribution in [3.63, 3.8) is 0 Å². The minimum atomic E-state index is -0.860. The maximum atomic E-state index is 12.9. The molecule has 5 fully saturated rings. The van der Waals surface area contributed by atoms with Gasteiger partial charge in [0.25, 0.3) is 0 Å². The van der Waals surface area contributed by atoms with Crippen LogP contribution in [0.2, 0.25) is 0 Å². The summed E-state index contributed by atoms with van der Waals surface area (Å²) in [5.74, 6) is -0.363. The van der Waals surface area contributed by atoms with Crippen LogP contribution in [0.3, 0.4) is 0 Å². The van der Waals surface area contributed by atoms with E-state index in [1.54, 1.807) is 0 Å². The summed E-state index contributed by atoms with van der Waals surface area (Å²) < 4.78 is 17.8. The minimum absolute atomic E-state index is 0.0248. The van der Waals surface area contributed by atoms with E-state index in [4.69, 9.17) is 14.2 Å². The number of hydrogen-bond donors (Lipinski definition) is 1. The first-order valence-corrected chi connectivity index (χ1v) is 11.4. The molecule has 1 N–H and O–H groups in total. The molecule has 5 aliphatic rings. The van der Waals surface area contributed by atoms with Crippen molar-refractivity contribution in [3.8, 4) is 0 Å². The highest BCUT2D eigenvalue weighted by Gasteiger charge is 2.97. The quantitative estimate of drug-likeness (QED) is 0.397. The number of epoxide rings is 2. The molecule has 5 rings (SSSR count). The number of unbranched alkanes of at least 4 members (excludes halogenated alkanes) is 4. The molecule has 4 unspecified atom stereocenters. The van der Waals surface area contributed by atoms with Gasteiger partial charge in [0.2, 0.25) is 0 Å². The Labute approximate surface area is 172 Å². The molecule has 0 amide bonds. The lowest BCUT2D eigenvalue weighted by atomic mass is 9.65. The number of rotatable bonds is 7. The normalized spacial score (nSPS) is 50.4. The standard InChI is InChI=1S/C23H34O6/c1-5-6-7-8-9-10-14(24)28-18-15-13(11-20(18,2)3)16(25)23-19(29-23)17(26)22(12-27-22)21(15,23)4/h13,15-16,18-19,25H,5-12H2,1-4H3/t13-,15?,16?,18?,19+,21+,22-,23?/m0/s1. The summed E-state index contributed by atoms with van der Waals surface area (Å²) in [4.78, 5) is 25.6. The first-order chi connectivity index (χ1) is 13.7. The first kappa shape index (κ1) is 20.0. The lowest BCUT2D eigenvalue weighted by molar-refractivity contribution is -0.163. The van der Waals surface area contributed by atoms with E-state index in [1.807, 2.05) is 6.92 Å². The number of esters is 1. The summed E-state index contributed by atoms with van der Waals surface area (Å²) in [5.41, 5.74) is -2.62. The van der Waals surface area contributed by atoms with Crippen molar-refractivity contribution in [1.82, 2.24) is 0 Å². The molecular weight excluding hydrogens is 372 g/mol. The Morgan fingerprint density at radius 2 is 1.90 bits per heavy atom. The van der Waals surface area contributed by atoms with Gasteiger partial charge in [-0.2, -0.15) is 0 Å². The van der Waals surface area contributed by atoms with Crippen molar-refractivity contribution in [2.45, 2.75) is 102 Å². The number of carbonyl (C=O) groups excluding carboxylic acids is 2. The van der Waals surface area contributed by atoms with Crippen molar-refractivity contribution < 1.29 is 28.9 Å². The van der Waals surface area contributed by atoms with Crippen LogP contribution in [0.1, 0.15) is 72.6 Å². The minimum Gasteiger partial charge on any atom is -0.461 e. The second-order valence-electron chi connectivity index (χ2n) is 10.9. The number of ether oxygens (including phenoxy) is 3. The Bertz CT molecular complexity index is 742. The Kier molecular flexibility index (Phi) is 4.16. The van der Waals surface area contributed by atoms with Gasteiger partial charge in [0.1, 0.15) is 11.7 Å². The molecule has 2 saturated heterocycles. The maximum Gasteiger partial charge on any atom is 0.306 e. The Hall–Kier alpha value is -0.980. The van der Waals surface area contributed by atoms with E-state index < -0.39 is 28.8 Å². The van der Waals surface area contributed by atoms with Crippen LogP contribution in [0.4, 0.5) is 0 Å². The topological polar surface area (TPSA) is 88.7 Å². The van der Waals surface area contributed by atoms with E-state index in [0.717, 1.165) is 25.7 Å². The Balaban J connectivity index is 1.38. The lowest BCUT2D eigenvalue weighted by Gasteiger charge is -2.41. The van der Waals surface area contributed by atoms with Gasteiger partial charge in [-0.3, -0.25) is 9.59 Å². The molecule has 0 aromatic rings. The molecule has 2 heterocycles. The van der Waals surface area contributed by atoms with Crippen LogP contribution in [0.15, 0.2) is 0 Å². The van der Waals surface area contributed by atoms with Crippen LogP contribution >= 0.6 is 0 Å². The van der Waals surface area contributed by atoms with E-state index in [2.05, 4.69) is 20.8 Å². The fourth-order valence-corrected chi connectivity index (χ4v) is 7.39. The third-order valence-electron chi connectivity index (χ3n) is 8.94. The predicted molar refractivity (Wildman–Crippen MR) is 104 cm³/mol. The summed E-state index contributed by atoms with van der Waals surface area (Å²) in [6.45, 7) is 8.81. The highest BCUT2D eigenvalue weighted by molar-refractivity contribution is 6.02. The summed E-state index contributed by atoms with van der Waals surface area (Å²) in [6.07, 6.45) is 4.98. The molecule has 0 aromatic heterocycles. The molecule has 2 aliphatic heterocycles. The molecule has 0 radical (unpaired) electrons. The fraction of sp³-hybridized carbons (Fsp3) is 0.913. The third kappa shape index (κ3) is 2.23. The van der Waals surface area contributed by atoms with Gasteiger partial charge in [0.15, 0.2) is 17.5 Å². The highest BCUT2D eigenvalue weighted by atomic mass is 16.7. The molecule has 0 aromatic carbocycles. The zero-order valence-electron chi connectivity index (χ0n) is 18.0. The number of ketones is 1. The van der Waals surface area contributed by atoms with Crippen LogP contribution in [0, 0.1) is 22.7 Å². The van der Waals surface area contributed by atoms with Crippen molar-refractivity contribution in [2.75, 3.05) is 6.61 Å². The molecular formula is C23H34O6.